The molecule has 5 heteroatoms. The van der Waals surface area contributed by atoms with Crippen LogP contribution in [-0.2, 0) is 0 Å². The third kappa shape index (κ3) is 5.35. The standard InChI is InChI=1S/C17H21N3OS/c21-13-7-12-18-17(22)20-16(14-8-3-1-4-9-14)19-15-10-5-2-6-11-15/h1-6,8-11,16,19,21H,7,12-13H2,(H2,18,20,22). The first-order valence-electron chi connectivity index (χ1n) is 7.31. The Kier molecular flexibility index (Phi) is 6.67. The minimum Gasteiger partial charge on any atom is -0.396 e. The lowest BCUT2D eigenvalue weighted by Crippen LogP contribution is -2.41. The smallest absolute Gasteiger partial charge is 0.168 e. The molecule has 0 bridgehead atoms. The molecule has 0 heterocycles. The van der Waals surface area contributed by atoms with E-state index >= 15 is 0 Å². The quantitative estimate of drug-likeness (QED) is 0.359. The van der Waals surface area contributed by atoms with Gasteiger partial charge in [-0.15, -0.1) is 0 Å². The summed E-state index contributed by atoms with van der Waals surface area (Å²) in [4.78, 5) is 0. The molecule has 0 aliphatic rings. The summed E-state index contributed by atoms with van der Waals surface area (Å²) < 4.78 is 0. The van der Waals surface area contributed by atoms with Crippen LogP contribution in [0.2, 0.25) is 0 Å². The van der Waals surface area contributed by atoms with E-state index in [1.54, 1.807) is 0 Å². The van der Waals surface area contributed by atoms with Crippen molar-refractivity contribution in [2.45, 2.75) is 12.6 Å². The van der Waals surface area contributed by atoms with Crippen molar-refractivity contribution in [1.29, 1.82) is 0 Å². The van der Waals surface area contributed by atoms with E-state index in [9.17, 15) is 0 Å². The van der Waals surface area contributed by atoms with Gasteiger partial charge >= 0.3 is 0 Å². The third-order valence-electron chi connectivity index (χ3n) is 3.11. The molecule has 0 spiro atoms. The largest absolute Gasteiger partial charge is 0.396 e. The molecule has 116 valence electrons. The van der Waals surface area contributed by atoms with Crippen LogP contribution in [0.5, 0.6) is 0 Å². The van der Waals surface area contributed by atoms with E-state index < -0.39 is 0 Å². The van der Waals surface area contributed by atoms with Gasteiger partial charge in [-0.25, -0.2) is 0 Å². The van der Waals surface area contributed by atoms with E-state index in [4.69, 9.17) is 17.3 Å². The molecule has 2 aromatic carbocycles. The maximum Gasteiger partial charge on any atom is 0.168 e. The summed E-state index contributed by atoms with van der Waals surface area (Å²) in [6, 6.07) is 20.1. The van der Waals surface area contributed by atoms with Gasteiger partial charge in [-0.3, -0.25) is 0 Å². The second-order valence-corrected chi connectivity index (χ2v) is 5.24. The number of nitrogens with one attached hydrogen (secondary N) is 3. The maximum atomic E-state index is 8.82. The van der Waals surface area contributed by atoms with Gasteiger partial charge in [0.25, 0.3) is 0 Å². The number of rotatable bonds is 7. The molecule has 0 amide bonds. The minimum atomic E-state index is -0.127. The van der Waals surface area contributed by atoms with Crippen LogP contribution in [0.15, 0.2) is 60.7 Å². The lowest BCUT2D eigenvalue weighted by molar-refractivity contribution is 0.289. The SMILES string of the molecule is OCCCNC(=S)NC(Nc1ccccc1)c1ccccc1. The van der Waals surface area contributed by atoms with Crippen LogP contribution in [0.1, 0.15) is 18.2 Å². The van der Waals surface area contributed by atoms with Gasteiger partial charge in [0, 0.05) is 18.8 Å². The Balaban J connectivity index is 2.04. The van der Waals surface area contributed by atoms with Crippen LogP contribution in [0.3, 0.4) is 0 Å². The van der Waals surface area contributed by atoms with Crippen LogP contribution in [0, 0.1) is 0 Å². The second kappa shape index (κ2) is 9.02. The molecular formula is C17H21N3OS. The van der Waals surface area contributed by atoms with Crippen molar-refractivity contribution in [3.05, 3.63) is 66.2 Å². The fourth-order valence-corrected chi connectivity index (χ4v) is 2.23. The summed E-state index contributed by atoms with van der Waals surface area (Å²) in [6.07, 6.45) is 0.543. The molecule has 22 heavy (non-hydrogen) atoms. The van der Waals surface area contributed by atoms with Gasteiger partial charge < -0.3 is 21.1 Å². The Morgan fingerprint density at radius 1 is 1.00 bits per heavy atom. The summed E-state index contributed by atoms with van der Waals surface area (Å²) in [7, 11) is 0. The van der Waals surface area contributed by atoms with Crippen LogP contribution in [-0.4, -0.2) is 23.4 Å². The van der Waals surface area contributed by atoms with E-state index in [1.165, 1.54) is 0 Å². The molecular weight excluding hydrogens is 294 g/mol. The number of benzene rings is 2. The fraction of sp³-hybridized carbons (Fsp3) is 0.235. The van der Waals surface area contributed by atoms with Gasteiger partial charge in [-0.05, 0) is 36.3 Å². The molecule has 4 N–H and O–H groups in total. The molecule has 0 saturated carbocycles. The van der Waals surface area contributed by atoms with Crippen molar-refractivity contribution >= 4 is 23.0 Å². The molecule has 0 aliphatic carbocycles. The highest BCUT2D eigenvalue weighted by molar-refractivity contribution is 7.80. The minimum absolute atomic E-state index is 0.127. The first kappa shape index (κ1) is 16.3. The average Bonchev–Trinajstić information content (AvgIpc) is 2.56. The van der Waals surface area contributed by atoms with Crippen molar-refractivity contribution in [1.82, 2.24) is 10.6 Å². The number of anilines is 1. The van der Waals surface area contributed by atoms with E-state index in [1.807, 2.05) is 60.7 Å². The molecule has 1 atom stereocenters. The average molecular weight is 315 g/mol. The van der Waals surface area contributed by atoms with Crippen LogP contribution < -0.4 is 16.0 Å². The third-order valence-corrected chi connectivity index (χ3v) is 3.38. The number of hydrogen-bond acceptors (Lipinski definition) is 3. The van der Waals surface area contributed by atoms with Crippen molar-refractivity contribution in [2.24, 2.45) is 0 Å². The maximum absolute atomic E-state index is 8.82. The van der Waals surface area contributed by atoms with E-state index in [2.05, 4.69) is 16.0 Å². The van der Waals surface area contributed by atoms with Crippen molar-refractivity contribution in [2.75, 3.05) is 18.5 Å². The van der Waals surface area contributed by atoms with Gasteiger partial charge in [0.15, 0.2) is 5.11 Å². The molecule has 1 unspecified atom stereocenters. The Labute approximate surface area is 136 Å². The first-order chi connectivity index (χ1) is 10.8. The Hall–Kier alpha value is -2.11. The summed E-state index contributed by atoms with van der Waals surface area (Å²) >= 11 is 5.32. The van der Waals surface area contributed by atoms with E-state index in [0.717, 1.165) is 11.3 Å². The zero-order valence-corrected chi connectivity index (χ0v) is 13.1. The molecule has 0 saturated heterocycles. The molecule has 0 radical (unpaired) electrons. The van der Waals surface area contributed by atoms with E-state index in [0.29, 0.717) is 18.1 Å². The molecule has 2 aromatic rings. The number of aliphatic hydroxyl groups excluding tert-OH is 1. The number of aliphatic hydroxyl groups is 1. The van der Waals surface area contributed by atoms with Crippen molar-refractivity contribution in [3.8, 4) is 0 Å². The highest BCUT2D eigenvalue weighted by Gasteiger charge is 2.11. The van der Waals surface area contributed by atoms with Crippen LogP contribution >= 0.6 is 12.2 Å². The van der Waals surface area contributed by atoms with Crippen molar-refractivity contribution < 1.29 is 5.11 Å². The van der Waals surface area contributed by atoms with Crippen molar-refractivity contribution in [3.63, 3.8) is 0 Å². The fourth-order valence-electron chi connectivity index (χ4n) is 2.01. The Bertz CT molecular complexity index is 563. The molecule has 4 nitrogen and oxygen atoms in total. The predicted octanol–water partition coefficient (Wildman–Crippen LogP) is 2.64. The molecule has 0 fully saturated rings. The normalized spacial score (nSPS) is 11.5. The van der Waals surface area contributed by atoms with Gasteiger partial charge in [0.1, 0.15) is 6.17 Å². The molecule has 0 aromatic heterocycles. The second-order valence-electron chi connectivity index (χ2n) is 4.83. The number of hydrogen-bond donors (Lipinski definition) is 4. The lowest BCUT2D eigenvalue weighted by Gasteiger charge is -2.23. The Morgan fingerprint density at radius 2 is 1.64 bits per heavy atom. The summed E-state index contributed by atoms with van der Waals surface area (Å²) in [5, 5.41) is 19.2. The lowest BCUT2D eigenvalue weighted by atomic mass is 10.1. The first-order valence-corrected chi connectivity index (χ1v) is 7.72. The van der Waals surface area contributed by atoms with Crippen LogP contribution in [0.4, 0.5) is 5.69 Å². The number of thiocarbonyl (C=S) groups is 1. The van der Waals surface area contributed by atoms with Gasteiger partial charge in [0.2, 0.25) is 0 Å². The Morgan fingerprint density at radius 3 is 2.27 bits per heavy atom. The van der Waals surface area contributed by atoms with Gasteiger partial charge in [-0.2, -0.15) is 0 Å². The summed E-state index contributed by atoms with van der Waals surface area (Å²) in [5.74, 6) is 0. The summed E-state index contributed by atoms with van der Waals surface area (Å²) in [6.45, 7) is 0.801. The monoisotopic (exact) mass is 315 g/mol. The van der Waals surface area contributed by atoms with Gasteiger partial charge in [0.05, 0.1) is 0 Å². The molecule has 2 rings (SSSR count). The van der Waals surface area contributed by atoms with Crippen LogP contribution in [0.25, 0.3) is 0 Å². The predicted molar refractivity (Wildman–Crippen MR) is 94.7 cm³/mol. The van der Waals surface area contributed by atoms with E-state index in [-0.39, 0.29) is 12.8 Å². The highest BCUT2D eigenvalue weighted by atomic mass is 32.1. The molecule has 0 aliphatic heterocycles. The highest BCUT2D eigenvalue weighted by Crippen LogP contribution is 2.16. The zero-order valence-electron chi connectivity index (χ0n) is 12.3. The topological polar surface area (TPSA) is 56.3 Å². The van der Waals surface area contributed by atoms with Gasteiger partial charge in [-0.1, -0.05) is 48.5 Å². The number of para-hydroxylation sites is 1. The summed E-state index contributed by atoms with van der Waals surface area (Å²) in [5.41, 5.74) is 2.11. The zero-order chi connectivity index (χ0) is 15.6.